The van der Waals surface area contributed by atoms with E-state index in [0.29, 0.717) is 29.0 Å². The number of alkyl halides is 1. The predicted octanol–water partition coefficient (Wildman–Crippen LogP) is 9.91. The van der Waals surface area contributed by atoms with Crippen LogP contribution in [0.15, 0.2) is 41.7 Å². The van der Waals surface area contributed by atoms with Gasteiger partial charge in [-0.3, -0.25) is 9.59 Å². The van der Waals surface area contributed by atoms with Gasteiger partial charge in [0.05, 0.1) is 35.2 Å². The minimum atomic E-state index is -0.941. The van der Waals surface area contributed by atoms with E-state index >= 15 is 0 Å². The number of methoxy groups -OCH3 is 1. The maximum atomic E-state index is 14.3. The van der Waals surface area contributed by atoms with Crippen molar-refractivity contribution in [2.45, 2.75) is 112 Å². The number of hydrogen-bond donors (Lipinski definition) is 2. The average molecular weight is 867 g/mol. The Bertz CT molecular complexity index is 1930. The van der Waals surface area contributed by atoms with Gasteiger partial charge >= 0.3 is 12.0 Å². The number of aromatic nitrogens is 3. The van der Waals surface area contributed by atoms with Crippen molar-refractivity contribution in [3.63, 3.8) is 0 Å². The molecule has 1 aliphatic carbocycles. The van der Waals surface area contributed by atoms with E-state index in [4.69, 9.17) is 49.0 Å². The van der Waals surface area contributed by atoms with Crippen LogP contribution in [0, 0.1) is 12.7 Å². The van der Waals surface area contributed by atoms with Crippen LogP contribution >= 0.6 is 34.8 Å². The fraction of sp³-hybridized carbons (Fsp3) is 0.512. The van der Waals surface area contributed by atoms with Gasteiger partial charge in [0.1, 0.15) is 17.4 Å². The summed E-state index contributed by atoms with van der Waals surface area (Å²) in [6, 6.07) is 8.37. The highest BCUT2D eigenvalue weighted by molar-refractivity contribution is 6.32. The predicted molar refractivity (Wildman–Crippen MR) is 229 cm³/mol. The number of anilines is 4. The second-order valence-electron chi connectivity index (χ2n) is 14.9. The summed E-state index contributed by atoms with van der Waals surface area (Å²) in [6.45, 7) is 18.6. The first-order valence-electron chi connectivity index (χ1n) is 19.1. The van der Waals surface area contributed by atoms with Crippen molar-refractivity contribution in [1.29, 1.82) is 0 Å². The van der Waals surface area contributed by atoms with Crippen molar-refractivity contribution in [1.82, 2.24) is 15.0 Å². The molecular weight excluding hydrogens is 812 g/mol. The number of amides is 3. The molecule has 318 valence electrons. The monoisotopic (exact) mass is 865 g/mol. The number of benzene rings is 2. The number of ether oxygens (including phenoxy) is 3. The number of allylic oxidation sites excluding steroid dienone is 1. The molecule has 1 atom stereocenters. The summed E-state index contributed by atoms with van der Waals surface area (Å²) < 4.78 is 30.2. The lowest BCUT2D eigenvalue weighted by atomic mass is 10.0. The summed E-state index contributed by atoms with van der Waals surface area (Å²) in [6.07, 6.45) is 3.88. The van der Waals surface area contributed by atoms with Gasteiger partial charge in [-0.2, -0.15) is 15.0 Å². The molecule has 2 fully saturated rings. The fourth-order valence-electron chi connectivity index (χ4n) is 6.15. The molecule has 0 spiro atoms. The molecule has 0 bridgehead atoms. The maximum absolute atomic E-state index is 14.3. The molecule has 2 aromatic carbocycles. The lowest BCUT2D eigenvalue weighted by Gasteiger charge is -2.31. The second-order valence-corrected chi connectivity index (χ2v) is 15.9. The molecule has 58 heavy (non-hydrogen) atoms. The smallest absolute Gasteiger partial charge is 0.427 e. The normalized spacial score (nSPS) is 14.5. The lowest BCUT2D eigenvalue weighted by Crippen LogP contribution is -2.43. The van der Waals surface area contributed by atoms with Crippen LogP contribution < -0.4 is 25.2 Å². The summed E-state index contributed by atoms with van der Waals surface area (Å²) >= 11 is 17.6. The Morgan fingerprint density at radius 2 is 1.74 bits per heavy atom. The Kier molecular flexibility index (Phi) is 18.4. The summed E-state index contributed by atoms with van der Waals surface area (Å²) in [5.74, 6) is -0.463. The molecule has 2 N–H and O–H groups in total. The number of imide groups is 1. The van der Waals surface area contributed by atoms with Gasteiger partial charge in [0, 0.05) is 25.3 Å². The first-order valence-corrected chi connectivity index (χ1v) is 20.4. The zero-order valence-electron chi connectivity index (χ0n) is 34.9. The van der Waals surface area contributed by atoms with Crippen LogP contribution in [0.25, 0.3) is 0 Å². The third kappa shape index (κ3) is 13.4. The van der Waals surface area contributed by atoms with Crippen LogP contribution in [0.1, 0.15) is 92.2 Å². The quantitative estimate of drug-likeness (QED) is 0.132. The Morgan fingerprint density at radius 1 is 1.09 bits per heavy atom. The van der Waals surface area contributed by atoms with Crippen molar-refractivity contribution in [3.05, 3.63) is 68.9 Å². The minimum Gasteiger partial charge on any atom is -0.489 e. The summed E-state index contributed by atoms with van der Waals surface area (Å²) in [4.78, 5) is 51.1. The van der Waals surface area contributed by atoms with E-state index in [2.05, 4.69) is 38.6 Å². The maximum Gasteiger partial charge on any atom is 0.427 e. The number of nitrogens with one attached hydrogen (secondary N) is 2. The van der Waals surface area contributed by atoms with Crippen LogP contribution in [0.4, 0.5) is 32.5 Å². The number of hydrogen-bond acceptors (Lipinski definition) is 11. The number of carbonyl (C=O) groups is 3. The van der Waals surface area contributed by atoms with E-state index < -0.39 is 17.8 Å². The van der Waals surface area contributed by atoms with Crippen LogP contribution in [-0.4, -0.2) is 76.7 Å². The van der Waals surface area contributed by atoms with Crippen LogP contribution in [-0.2, 0) is 25.5 Å². The molecule has 1 aromatic heterocycles. The van der Waals surface area contributed by atoms with Crippen molar-refractivity contribution in [2.24, 2.45) is 0 Å². The third-order valence-electron chi connectivity index (χ3n) is 8.67. The standard InChI is InChI=1S/C17H17ClFNO4.C15H22ClNO2.C9H16ClN5/c1-9(2)15-16(21)20(17(22)24-15)13-8-14(11(18)7-12(13)19)23-10-5-3-4-6-10;1-5-13-8-6-7-11(2)15(13)17(14(18)9-16)12(3)10-19-4;1-5-11-7-12-6(10)13-8(14-7)15-9(2,3)4/h7-8,10H,3-6H2,1-2H3;6-8,12H,5,9-10H2,1-4H3;5H2,1-4H3,(H2,11,12,13,14,15). The Labute approximate surface area is 356 Å². The molecule has 3 aromatic rings. The topological polar surface area (TPSA) is 148 Å². The van der Waals surface area contributed by atoms with E-state index in [-0.39, 0.29) is 57.0 Å². The molecule has 13 nitrogen and oxygen atoms in total. The van der Waals surface area contributed by atoms with Crippen LogP contribution in [0.3, 0.4) is 0 Å². The molecule has 2 aliphatic rings. The van der Waals surface area contributed by atoms with E-state index in [1.165, 1.54) is 6.07 Å². The number of rotatable bonds is 12. The molecule has 2 heterocycles. The lowest BCUT2D eigenvalue weighted by molar-refractivity contribution is -0.117. The summed E-state index contributed by atoms with van der Waals surface area (Å²) in [7, 11) is 1.64. The van der Waals surface area contributed by atoms with Crippen molar-refractivity contribution in [3.8, 4) is 5.75 Å². The van der Waals surface area contributed by atoms with E-state index in [9.17, 15) is 18.8 Å². The summed E-state index contributed by atoms with van der Waals surface area (Å²) in [5.41, 5.74) is 3.42. The van der Waals surface area contributed by atoms with Gasteiger partial charge in [-0.1, -0.05) is 36.7 Å². The van der Waals surface area contributed by atoms with Crippen molar-refractivity contribution >= 4 is 76.0 Å². The Hall–Kier alpha value is -4.24. The highest BCUT2D eigenvalue weighted by Gasteiger charge is 2.40. The van der Waals surface area contributed by atoms with E-state index in [1.54, 1.807) is 25.9 Å². The molecule has 0 radical (unpaired) electrons. The van der Waals surface area contributed by atoms with Crippen molar-refractivity contribution in [2.75, 3.05) is 46.6 Å². The minimum absolute atomic E-state index is 0.00962. The molecule has 1 aliphatic heterocycles. The van der Waals surface area contributed by atoms with Gasteiger partial charge in [0.15, 0.2) is 5.76 Å². The number of aryl methyl sites for hydroxylation is 2. The number of cyclic esters (lactones) is 1. The van der Waals surface area contributed by atoms with Gasteiger partial charge in [-0.05, 0) is 122 Å². The van der Waals surface area contributed by atoms with Crippen molar-refractivity contribution < 1.29 is 33.0 Å². The average Bonchev–Trinajstić information content (AvgIpc) is 3.76. The first-order chi connectivity index (χ1) is 27.3. The van der Waals surface area contributed by atoms with E-state index in [1.807, 2.05) is 53.7 Å². The largest absolute Gasteiger partial charge is 0.489 e. The third-order valence-corrected chi connectivity index (χ3v) is 9.36. The highest BCUT2D eigenvalue weighted by atomic mass is 35.5. The highest BCUT2D eigenvalue weighted by Crippen LogP contribution is 2.37. The van der Waals surface area contributed by atoms with Gasteiger partial charge in [-0.15, -0.1) is 11.6 Å². The molecular formula is C41H55Cl3FN7O6. The van der Waals surface area contributed by atoms with Gasteiger partial charge in [-0.25, -0.2) is 14.1 Å². The molecule has 1 saturated carbocycles. The SMILES string of the molecule is CC(C)=C1OC(=O)N(c2cc(OC3CCCC3)c(Cl)cc2F)C1=O.CCNc1nc(Cl)nc(NC(C)(C)C)n1.CCc1cccc(C)c1N(C(=O)CCl)C(C)COC. The molecule has 5 rings (SSSR count). The Balaban J connectivity index is 0.000000240. The number of para-hydroxylation sites is 1. The van der Waals surface area contributed by atoms with Gasteiger partial charge < -0.3 is 29.7 Å². The van der Waals surface area contributed by atoms with Gasteiger partial charge in [0.2, 0.25) is 23.1 Å². The number of halogens is 4. The van der Waals surface area contributed by atoms with E-state index in [0.717, 1.165) is 61.5 Å². The van der Waals surface area contributed by atoms with Crippen LogP contribution in [0.5, 0.6) is 5.75 Å². The molecule has 1 unspecified atom stereocenters. The number of nitrogens with zero attached hydrogens (tertiary/aromatic N) is 5. The zero-order chi connectivity index (χ0) is 43.3. The molecule has 17 heteroatoms. The van der Waals surface area contributed by atoms with Crippen LogP contribution in [0.2, 0.25) is 10.3 Å². The van der Waals surface area contributed by atoms with Gasteiger partial charge in [0.25, 0.3) is 0 Å². The Morgan fingerprint density at radius 3 is 2.29 bits per heavy atom. The molecule has 1 saturated heterocycles. The second kappa shape index (κ2) is 22.2. The number of carbonyl (C=O) groups excluding carboxylic acids is 3. The first kappa shape index (κ1) is 48.1. The zero-order valence-corrected chi connectivity index (χ0v) is 37.2. The summed E-state index contributed by atoms with van der Waals surface area (Å²) in [5, 5.41) is 6.41. The fourth-order valence-corrected chi connectivity index (χ4v) is 6.63. The molecule has 3 amide bonds.